The van der Waals surface area contributed by atoms with Crippen molar-refractivity contribution < 1.29 is 4.74 Å². The Kier molecular flexibility index (Phi) is 6.31. The first-order chi connectivity index (χ1) is 9.83. The molecule has 3 heteroatoms. The van der Waals surface area contributed by atoms with E-state index in [1.807, 2.05) is 13.1 Å². The van der Waals surface area contributed by atoms with Crippen LogP contribution in [-0.2, 0) is 0 Å². The zero-order valence-corrected chi connectivity index (χ0v) is 12.9. The fraction of sp³-hybridized carbons (Fsp3) is 0.706. The fourth-order valence-electron chi connectivity index (χ4n) is 3.21. The van der Waals surface area contributed by atoms with E-state index in [1.165, 1.54) is 44.1 Å². The van der Waals surface area contributed by atoms with Crippen molar-refractivity contribution in [3.05, 3.63) is 24.0 Å². The van der Waals surface area contributed by atoms with Crippen LogP contribution in [0.1, 0.15) is 64.0 Å². The molecule has 20 heavy (non-hydrogen) atoms. The molecular weight excluding hydrogens is 248 g/mol. The van der Waals surface area contributed by atoms with Crippen LogP contribution in [0.15, 0.2) is 18.5 Å². The molecule has 0 aliphatic heterocycles. The van der Waals surface area contributed by atoms with Crippen molar-refractivity contribution in [1.82, 2.24) is 10.3 Å². The number of nitrogens with one attached hydrogen (secondary N) is 1. The van der Waals surface area contributed by atoms with Crippen molar-refractivity contribution in [3.8, 4) is 5.75 Å². The smallest absolute Gasteiger partial charge is 0.137 e. The topological polar surface area (TPSA) is 34.2 Å². The SMILES string of the molecule is CCNC(CC1CCCCC1)c1cncc(OCC)c1. The van der Waals surface area contributed by atoms with Crippen LogP contribution >= 0.6 is 0 Å². The van der Waals surface area contributed by atoms with E-state index in [0.717, 1.165) is 18.2 Å². The Balaban J connectivity index is 2.04. The second-order valence-corrected chi connectivity index (χ2v) is 5.74. The molecule has 112 valence electrons. The maximum Gasteiger partial charge on any atom is 0.137 e. The number of ether oxygens (including phenoxy) is 1. The number of nitrogens with zero attached hydrogens (tertiary/aromatic N) is 1. The molecule has 3 nitrogen and oxygen atoms in total. The number of hydrogen-bond donors (Lipinski definition) is 1. The Morgan fingerprint density at radius 2 is 2.05 bits per heavy atom. The highest BCUT2D eigenvalue weighted by Gasteiger charge is 2.20. The molecule has 1 heterocycles. The van der Waals surface area contributed by atoms with E-state index in [0.29, 0.717) is 12.6 Å². The summed E-state index contributed by atoms with van der Waals surface area (Å²) >= 11 is 0. The summed E-state index contributed by atoms with van der Waals surface area (Å²) in [7, 11) is 0. The van der Waals surface area contributed by atoms with Gasteiger partial charge in [-0.1, -0.05) is 39.0 Å². The van der Waals surface area contributed by atoms with E-state index >= 15 is 0 Å². The number of aromatic nitrogens is 1. The molecule has 2 rings (SSSR count). The summed E-state index contributed by atoms with van der Waals surface area (Å²) < 4.78 is 5.57. The Labute approximate surface area is 123 Å². The average molecular weight is 276 g/mol. The van der Waals surface area contributed by atoms with E-state index in [9.17, 15) is 0 Å². The standard InChI is InChI=1S/C17H28N2O/c1-3-19-17(10-14-8-6-5-7-9-14)15-11-16(20-4-2)13-18-12-15/h11-14,17,19H,3-10H2,1-2H3. The van der Waals surface area contributed by atoms with Crippen LogP contribution in [0, 0.1) is 5.92 Å². The third-order valence-electron chi connectivity index (χ3n) is 4.19. The highest BCUT2D eigenvalue weighted by Crippen LogP contribution is 2.32. The molecule has 1 aromatic rings. The van der Waals surface area contributed by atoms with Crippen LogP contribution in [0.4, 0.5) is 0 Å². The summed E-state index contributed by atoms with van der Waals surface area (Å²) in [6.07, 6.45) is 12.0. The lowest BCUT2D eigenvalue weighted by Gasteiger charge is -2.27. The first-order valence-corrected chi connectivity index (χ1v) is 8.14. The van der Waals surface area contributed by atoms with E-state index in [1.54, 1.807) is 6.20 Å². The fourth-order valence-corrected chi connectivity index (χ4v) is 3.21. The number of hydrogen-bond acceptors (Lipinski definition) is 3. The van der Waals surface area contributed by atoms with Gasteiger partial charge in [-0.2, -0.15) is 0 Å². The highest BCUT2D eigenvalue weighted by atomic mass is 16.5. The van der Waals surface area contributed by atoms with Gasteiger partial charge in [-0.15, -0.1) is 0 Å². The van der Waals surface area contributed by atoms with Gasteiger partial charge < -0.3 is 10.1 Å². The maximum absolute atomic E-state index is 5.57. The number of pyridine rings is 1. The van der Waals surface area contributed by atoms with Crippen LogP contribution in [0.2, 0.25) is 0 Å². The quantitative estimate of drug-likeness (QED) is 0.814. The Bertz CT molecular complexity index is 388. The lowest BCUT2D eigenvalue weighted by Crippen LogP contribution is -2.24. The van der Waals surface area contributed by atoms with E-state index in [4.69, 9.17) is 4.74 Å². The minimum Gasteiger partial charge on any atom is -0.492 e. The second-order valence-electron chi connectivity index (χ2n) is 5.74. The van der Waals surface area contributed by atoms with Crippen molar-refractivity contribution in [2.45, 2.75) is 58.4 Å². The van der Waals surface area contributed by atoms with Crippen LogP contribution in [0.3, 0.4) is 0 Å². The summed E-state index contributed by atoms with van der Waals surface area (Å²) in [6.45, 7) is 5.88. The van der Waals surface area contributed by atoms with Gasteiger partial charge in [0.2, 0.25) is 0 Å². The van der Waals surface area contributed by atoms with Crippen LogP contribution < -0.4 is 10.1 Å². The lowest BCUT2D eigenvalue weighted by atomic mass is 9.83. The molecule has 1 unspecified atom stereocenters. The summed E-state index contributed by atoms with van der Waals surface area (Å²) in [5, 5.41) is 3.62. The number of rotatable bonds is 7. The van der Waals surface area contributed by atoms with Crippen LogP contribution in [0.25, 0.3) is 0 Å². The molecule has 0 spiro atoms. The van der Waals surface area contributed by atoms with Crippen molar-refractivity contribution in [3.63, 3.8) is 0 Å². The molecule has 1 fully saturated rings. The van der Waals surface area contributed by atoms with Gasteiger partial charge >= 0.3 is 0 Å². The van der Waals surface area contributed by atoms with Gasteiger partial charge in [0.05, 0.1) is 12.8 Å². The molecule has 0 bridgehead atoms. The van der Waals surface area contributed by atoms with Gasteiger partial charge in [-0.05, 0) is 37.4 Å². The minimum atomic E-state index is 0.413. The molecule has 0 amide bonds. The predicted molar refractivity (Wildman–Crippen MR) is 83.0 cm³/mol. The molecule has 1 aliphatic carbocycles. The van der Waals surface area contributed by atoms with Gasteiger partial charge in [0.25, 0.3) is 0 Å². The maximum atomic E-state index is 5.57. The highest BCUT2D eigenvalue weighted by molar-refractivity contribution is 5.26. The van der Waals surface area contributed by atoms with E-state index in [-0.39, 0.29) is 0 Å². The van der Waals surface area contributed by atoms with Gasteiger partial charge in [0.15, 0.2) is 0 Å². The first-order valence-electron chi connectivity index (χ1n) is 8.14. The monoisotopic (exact) mass is 276 g/mol. The molecule has 0 saturated heterocycles. The predicted octanol–water partition coefficient (Wildman–Crippen LogP) is 4.10. The molecule has 1 aliphatic rings. The van der Waals surface area contributed by atoms with Crippen molar-refractivity contribution >= 4 is 0 Å². The molecule has 1 atom stereocenters. The molecule has 1 aromatic heterocycles. The Morgan fingerprint density at radius 3 is 2.75 bits per heavy atom. The Hall–Kier alpha value is -1.09. The summed E-state index contributed by atoms with van der Waals surface area (Å²) in [5.74, 6) is 1.75. The van der Waals surface area contributed by atoms with Gasteiger partial charge in [-0.25, -0.2) is 0 Å². The third kappa shape index (κ3) is 4.48. The van der Waals surface area contributed by atoms with Gasteiger partial charge in [0, 0.05) is 12.2 Å². The summed E-state index contributed by atoms with van der Waals surface area (Å²) in [5.41, 5.74) is 1.27. The van der Waals surface area contributed by atoms with Crippen LogP contribution in [0.5, 0.6) is 5.75 Å². The third-order valence-corrected chi connectivity index (χ3v) is 4.19. The average Bonchev–Trinajstić information content (AvgIpc) is 2.49. The zero-order valence-electron chi connectivity index (χ0n) is 12.9. The van der Waals surface area contributed by atoms with E-state index < -0.39 is 0 Å². The second kappa shape index (κ2) is 8.25. The minimum absolute atomic E-state index is 0.413. The normalized spacial score (nSPS) is 17.9. The largest absolute Gasteiger partial charge is 0.492 e. The van der Waals surface area contributed by atoms with Gasteiger partial charge in [-0.3, -0.25) is 4.98 Å². The molecule has 0 radical (unpaired) electrons. The van der Waals surface area contributed by atoms with E-state index in [2.05, 4.69) is 23.3 Å². The van der Waals surface area contributed by atoms with Crippen molar-refractivity contribution in [2.24, 2.45) is 5.92 Å². The van der Waals surface area contributed by atoms with Crippen LogP contribution in [-0.4, -0.2) is 18.1 Å². The summed E-state index contributed by atoms with van der Waals surface area (Å²) in [6, 6.07) is 2.56. The van der Waals surface area contributed by atoms with Gasteiger partial charge in [0.1, 0.15) is 5.75 Å². The molecule has 1 saturated carbocycles. The molecule has 0 aromatic carbocycles. The lowest BCUT2D eigenvalue weighted by molar-refractivity contribution is 0.300. The van der Waals surface area contributed by atoms with Crippen molar-refractivity contribution in [2.75, 3.05) is 13.2 Å². The Morgan fingerprint density at radius 1 is 1.25 bits per heavy atom. The molecular formula is C17H28N2O. The summed E-state index contributed by atoms with van der Waals surface area (Å²) in [4.78, 5) is 4.33. The zero-order chi connectivity index (χ0) is 14.2. The van der Waals surface area contributed by atoms with Crippen molar-refractivity contribution in [1.29, 1.82) is 0 Å². The first kappa shape index (κ1) is 15.3. The molecule has 1 N–H and O–H groups in total.